The fraction of sp³-hybridized carbons (Fsp3) is 0.652. The van der Waals surface area contributed by atoms with E-state index in [-0.39, 0.29) is 12.5 Å². The molecule has 0 aromatic heterocycles. The minimum atomic E-state index is -0.709. The van der Waals surface area contributed by atoms with Crippen LogP contribution in [0.5, 0.6) is 0 Å². The highest BCUT2D eigenvalue weighted by atomic mass is 16.7. The zero-order valence-electron chi connectivity index (χ0n) is 18.2. The van der Waals surface area contributed by atoms with Gasteiger partial charge < -0.3 is 19.5 Å². The number of benzene rings is 1. The molecule has 2 atom stereocenters. The summed E-state index contributed by atoms with van der Waals surface area (Å²) in [7, 11) is 1.72. The first-order chi connectivity index (χ1) is 13.8. The minimum absolute atomic E-state index is 0.0699. The molecular formula is C23H33NO5. The third kappa shape index (κ3) is 4.27. The van der Waals surface area contributed by atoms with Gasteiger partial charge in [-0.1, -0.05) is 17.7 Å². The van der Waals surface area contributed by atoms with Gasteiger partial charge in [-0.15, -0.1) is 0 Å². The molecule has 2 fully saturated rings. The van der Waals surface area contributed by atoms with E-state index >= 15 is 0 Å². The van der Waals surface area contributed by atoms with Crippen LogP contribution in [-0.4, -0.2) is 44.0 Å². The normalized spacial score (nSPS) is 29.0. The van der Waals surface area contributed by atoms with Crippen LogP contribution < -0.4 is 5.32 Å². The van der Waals surface area contributed by atoms with Crippen LogP contribution in [0, 0.1) is 26.7 Å². The lowest BCUT2D eigenvalue weighted by Gasteiger charge is -2.41. The van der Waals surface area contributed by atoms with Crippen molar-refractivity contribution in [3.05, 3.63) is 34.4 Å². The number of methoxy groups -OCH3 is 1. The molecule has 6 heteroatoms. The number of nitrogens with one attached hydrogen (secondary N) is 1. The van der Waals surface area contributed by atoms with Crippen molar-refractivity contribution in [3.63, 3.8) is 0 Å². The van der Waals surface area contributed by atoms with Crippen molar-refractivity contribution in [1.29, 1.82) is 0 Å². The van der Waals surface area contributed by atoms with Crippen molar-refractivity contribution in [1.82, 2.24) is 5.32 Å². The molecule has 1 aromatic rings. The maximum atomic E-state index is 13.2. The number of ether oxygens (including phenoxy) is 3. The topological polar surface area (TPSA) is 73.9 Å². The summed E-state index contributed by atoms with van der Waals surface area (Å²) in [6, 6.07) is 4.16. The molecule has 1 spiro atoms. The summed E-state index contributed by atoms with van der Waals surface area (Å²) >= 11 is 0. The van der Waals surface area contributed by atoms with Crippen molar-refractivity contribution in [3.8, 4) is 0 Å². The van der Waals surface area contributed by atoms with Crippen LogP contribution in [0.2, 0.25) is 0 Å². The average Bonchev–Trinajstić information content (AvgIpc) is 2.89. The van der Waals surface area contributed by atoms with E-state index in [0.29, 0.717) is 12.5 Å². The summed E-state index contributed by atoms with van der Waals surface area (Å²) in [4.78, 5) is 25.5. The Kier molecular flexibility index (Phi) is 6.52. The van der Waals surface area contributed by atoms with Gasteiger partial charge in [0.25, 0.3) is 0 Å². The van der Waals surface area contributed by atoms with E-state index in [4.69, 9.17) is 14.2 Å². The van der Waals surface area contributed by atoms with Gasteiger partial charge in [0.15, 0.2) is 0 Å². The van der Waals surface area contributed by atoms with E-state index in [1.165, 1.54) is 0 Å². The fourth-order valence-corrected chi connectivity index (χ4v) is 5.26. The second-order valence-corrected chi connectivity index (χ2v) is 8.56. The van der Waals surface area contributed by atoms with E-state index in [1.807, 2.05) is 20.8 Å². The molecule has 29 heavy (non-hydrogen) atoms. The third-order valence-electron chi connectivity index (χ3n) is 6.44. The molecule has 1 N–H and O–H groups in total. The summed E-state index contributed by atoms with van der Waals surface area (Å²) < 4.78 is 16.2. The molecule has 1 aliphatic heterocycles. The smallest absolute Gasteiger partial charge is 0.435 e. The Labute approximate surface area is 173 Å². The molecule has 2 unspecified atom stereocenters. The summed E-state index contributed by atoms with van der Waals surface area (Å²) in [5.41, 5.74) is 3.65. The molecule has 1 heterocycles. The van der Waals surface area contributed by atoms with Gasteiger partial charge in [0.05, 0.1) is 12.1 Å². The highest BCUT2D eigenvalue weighted by Gasteiger charge is 2.57. The van der Waals surface area contributed by atoms with E-state index < -0.39 is 23.7 Å². The average molecular weight is 404 g/mol. The lowest BCUT2D eigenvalue weighted by molar-refractivity contribution is -0.121. The number of carbonyl (C=O) groups is 2. The van der Waals surface area contributed by atoms with Crippen LogP contribution in [-0.2, 0) is 19.0 Å². The predicted octanol–water partition coefficient (Wildman–Crippen LogP) is 3.94. The second kappa shape index (κ2) is 8.74. The quantitative estimate of drug-likeness (QED) is 0.754. The first-order valence-electron chi connectivity index (χ1n) is 10.5. The maximum absolute atomic E-state index is 13.2. The minimum Gasteiger partial charge on any atom is -0.435 e. The highest BCUT2D eigenvalue weighted by Crippen LogP contribution is 2.46. The van der Waals surface area contributed by atoms with Crippen LogP contribution in [0.3, 0.4) is 0 Å². The van der Waals surface area contributed by atoms with Gasteiger partial charge in [-0.25, -0.2) is 4.79 Å². The largest absolute Gasteiger partial charge is 0.508 e. The molecule has 0 radical (unpaired) electrons. The van der Waals surface area contributed by atoms with Crippen LogP contribution in [0.15, 0.2) is 12.1 Å². The Morgan fingerprint density at radius 2 is 1.79 bits per heavy atom. The summed E-state index contributed by atoms with van der Waals surface area (Å²) in [6.07, 6.45) is 2.08. The fourth-order valence-electron chi connectivity index (χ4n) is 5.26. The molecule has 1 saturated heterocycles. The number of carbonyl (C=O) groups excluding carboxylic acids is 2. The molecule has 160 valence electrons. The monoisotopic (exact) mass is 403 g/mol. The number of aryl methyl sites for hydroxylation is 3. The van der Waals surface area contributed by atoms with E-state index in [0.717, 1.165) is 47.9 Å². The number of rotatable bonds is 5. The maximum Gasteiger partial charge on any atom is 0.508 e. The zero-order chi connectivity index (χ0) is 21.2. The lowest BCUT2D eigenvalue weighted by atomic mass is 9.71. The van der Waals surface area contributed by atoms with Gasteiger partial charge in [-0.05, 0) is 76.0 Å². The van der Waals surface area contributed by atoms with Crippen LogP contribution in [0.4, 0.5) is 4.79 Å². The molecule has 2 aliphatic rings. The molecule has 1 aliphatic carbocycles. The van der Waals surface area contributed by atoms with Gasteiger partial charge >= 0.3 is 6.16 Å². The molecule has 6 nitrogen and oxygen atoms in total. The summed E-state index contributed by atoms with van der Waals surface area (Å²) in [5.74, 6) is -0.133. The Bertz CT molecular complexity index is 744. The van der Waals surface area contributed by atoms with Crippen molar-refractivity contribution in [2.24, 2.45) is 5.92 Å². The standard InChI is InChI=1S/C23H33NO5/c1-6-28-22(26)29-20-19(18-15(3)11-14(2)12-16(18)4)21(25)24-23(20)9-7-17(8-10-23)13-27-5/h11-12,17,19-20H,6-10,13H2,1-5H3,(H,24,25). The molecular weight excluding hydrogens is 370 g/mol. The van der Waals surface area contributed by atoms with E-state index in [9.17, 15) is 9.59 Å². The first kappa shape index (κ1) is 21.6. The molecule has 3 rings (SSSR count). The van der Waals surface area contributed by atoms with Crippen molar-refractivity contribution < 1.29 is 23.8 Å². The molecule has 1 aromatic carbocycles. The highest BCUT2D eigenvalue weighted by molar-refractivity contribution is 5.89. The van der Waals surface area contributed by atoms with E-state index in [2.05, 4.69) is 17.4 Å². The Balaban J connectivity index is 1.97. The zero-order valence-corrected chi connectivity index (χ0v) is 18.2. The number of amides is 1. The van der Waals surface area contributed by atoms with Gasteiger partial charge in [0.2, 0.25) is 5.91 Å². The summed E-state index contributed by atoms with van der Waals surface area (Å²) in [6.45, 7) is 8.78. The van der Waals surface area contributed by atoms with Crippen LogP contribution >= 0.6 is 0 Å². The predicted molar refractivity (Wildman–Crippen MR) is 110 cm³/mol. The molecule has 0 bridgehead atoms. The molecule has 1 amide bonds. The van der Waals surface area contributed by atoms with Crippen LogP contribution in [0.1, 0.15) is 60.8 Å². The van der Waals surface area contributed by atoms with Gasteiger partial charge in [0, 0.05) is 13.7 Å². The number of hydrogen-bond donors (Lipinski definition) is 1. The van der Waals surface area contributed by atoms with Gasteiger partial charge in [0.1, 0.15) is 12.0 Å². The van der Waals surface area contributed by atoms with E-state index in [1.54, 1.807) is 14.0 Å². The Hall–Kier alpha value is -2.08. The second-order valence-electron chi connectivity index (χ2n) is 8.56. The number of hydrogen-bond acceptors (Lipinski definition) is 5. The van der Waals surface area contributed by atoms with Gasteiger partial charge in [-0.3, -0.25) is 4.79 Å². The Morgan fingerprint density at radius 1 is 1.17 bits per heavy atom. The first-order valence-corrected chi connectivity index (χ1v) is 10.5. The summed E-state index contributed by atoms with van der Waals surface area (Å²) in [5, 5.41) is 3.23. The molecule has 1 saturated carbocycles. The van der Waals surface area contributed by atoms with Crippen molar-refractivity contribution in [2.45, 2.75) is 70.9 Å². The van der Waals surface area contributed by atoms with Crippen molar-refractivity contribution in [2.75, 3.05) is 20.3 Å². The SMILES string of the molecule is CCOC(=O)OC1C(c2c(C)cc(C)cc2C)C(=O)NC12CCC(COC)CC2. The van der Waals surface area contributed by atoms with Crippen molar-refractivity contribution >= 4 is 12.1 Å². The Morgan fingerprint density at radius 3 is 2.34 bits per heavy atom. The van der Waals surface area contributed by atoms with Crippen LogP contribution in [0.25, 0.3) is 0 Å². The third-order valence-corrected chi connectivity index (χ3v) is 6.44. The lowest BCUT2D eigenvalue weighted by Crippen LogP contribution is -2.53. The van der Waals surface area contributed by atoms with Gasteiger partial charge in [-0.2, -0.15) is 0 Å².